The Morgan fingerprint density at radius 2 is 1.58 bits per heavy atom. The molecule has 6 atom stereocenters. The number of hydrogen-bond donors (Lipinski definition) is 1. The lowest BCUT2D eigenvalue weighted by atomic mass is 9.47. The van der Waals surface area contributed by atoms with Crippen LogP contribution < -0.4 is 0 Å². The number of carbonyl (C=O) groups excluding carboxylic acids is 3. The summed E-state index contributed by atoms with van der Waals surface area (Å²) in [6.45, 7) is 4.60. The molecule has 1 aromatic carbocycles. The normalized spacial score (nSPS) is 41.2. The van der Waals surface area contributed by atoms with Crippen molar-refractivity contribution in [3.8, 4) is 0 Å². The van der Waals surface area contributed by atoms with Crippen LogP contribution in [0, 0.1) is 28.6 Å². The molecule has 1 N–H and O–H groups in total. The van der Waals surface area contributed by atoms with Crippen LogP contribution in [0.3, 0.4) is 0 Å². The Bertz CT molecular complexity index is 1070. The van der Waals surface area contributed by atoms with Crippen LogP contribution in [0.2, 0.25) is 0 Å². The lowest BCUT2D eigenvalue weighted by Gasteiger charge is -2.58. The number of Topliss-reactive ketones (excluding diaryl/α,β-unsaturated/α-hetero) is 2. The van der Waals surface area contributed by atoms with Crippen LogP contribution in [0.5, 0.6) is 0 Å². The number of carbonyl (C=O) groups is 3. The molecule has 5 nitrogen and oxygen atoms in total. The van der Waals surface area contributed by atoms with Crippen molar-refractivity contribution in [2.24, 2.45) is 28.6 Å². The summed E-state index contributed by atoms with van der Waals surface area (Å²) in [5.74, 6) is -1.84. The Kier molecular flexibility index (Phi) is 4.52. The summed E-state index contributed by atoms with van der Waals surface area (Å²) < 4.78 is 6.17. The van der Waals surface area contributed by atoms with Gasteiger partial charge in [-0.2, -0.15) is 0 Å². The molecule has 3 fully saturated rings. The van der Waals surface area contributed by atoms with Gasteiger partial charge in [0.25, 0.3) is 5.79 Å². The number of ketones is 3. The zero-order chi connectivity index (χ0) is 23.2. The van der Waals surface area contributed by atoms with Crippen LogP contribution in [-0.4, -0.2) is 34.3 Å². The van der Waals surface area contributed by atoms with Crippen LogP contribution in [0.15, 0.2) is 35.9 Å². The van der Waals surface area contributed by atoms with Gasteiger partial charge < -0.3 is 9.84 Å². The second-order valence-electron chi connectivity index (χ2n) is 11.5. The van der Waals surface area contributed by atoms with Crippen molar-refractivity contribution in [3.63, 3.8) is 0 Å². The third-order valence-electron chi connectivity index (χ3n) is 10.2. The Labute approximate surface area is 194 Å². The molecule has 0 amide bonds. The highest BCUT2D eigenvalue weighted by atomic mass is 16.6. The minimum atomic E-state index is -2.40. The fourth-order valence-corrected chi connectivity index (χ4v) is 8.37. The maximum absolute atomic E-state index is 13.0. The van der Waals surface area contributed by atoms with Crippen molar-refractivity contribution >= 4 is 17.3 Å². The molecule has 0 aliphatic heterocycles. The molecule has 0 aromatic heterocycles. The highest BCUT2D eigenvalue weighted by Crippen LogP contribution is 2.66. The number of fused-ring (bicyclic) bond motifs is 6. The number of aliphatic hydroxyl groups is 1. The van der Waals surface area contributed by atoms with Gasteiger partial charge in [0.15, 0.2) is 5.78 Å². The molecule has 0 radical (unpaired) electrons. The standard InChI is InChI=1S/C28H32O5/c1-26-13-11-17(29)15-16(26)7-8-20-21-9-10-23(27(21,2)14-12-22(20)26)33-28(32)24(30)18-5-3-4-6-19(18)25(28)31/h3-6,15,20-23,32H,7-14H2,1-2H3/t20-,21-,22-,23-,26-,27-/m0/s1. The molecule has 0 heterocycles. The van der Waals surface area contributed by atoms with Crippen LogP contribution >= 0.6 is 0 Å². The molecule has 3 saturated carbocycles. The first-order valence-electron chi connectivity index (χ1n) is 12.5. The zero-order valence-corrected chi connectivity index (χ0v) is 19.4. The van der Waals surface area contributed by atoms with Gasteiger partial charge in [-0.25, -0.2) is 0 Å². The Morgan fingerprint density at radius 3 is 2.27 bits per heavy atom. The predicted octanol–water partition coefficient (Wildman–Crippen LogP) is 4.67. The van der Waals surface area contributed by atoms with Crippen molar-refractivity contribution in [2.45, 2.75) is 77.1 Å². The van der Waals surface area contributed by atoms with E-state index >= 15 is 0 Å². The first-order chi connectivity index (χ1) is 15.7. The third kappa shape index (κ3) is 2.75. The highest BCUT2D eigenvalue weighted by molar-refractivity contribution is 6.30. The van der Waals surface area contributed by atoms with Crippen LogP contribution in [0.1, 0.15) is 85.9 Å². The van der Waals surface area contributed by atoms with E-state index in [2.05, 4.69) is 13.8 Å². The first-order valence-corrected chi connectivity index (χ1v) is 12.5. The topological polar surface area (TPSA) is 80.7 Å². The van der Waals surface area contributed by atoms with Crippen molar-refractivity contribution in [1.82, 2.24) is 0 Å². The number of hydrogen-bond acceptors (Lipinski definition) is 5. The Balaban J connectivity index is 1.27. The van der Waals surface area contributed by atoms with Gasteiger partial charge in [-0.05, 0) is 79.6 Å². The van der Waals surface area contributed by atoms with Gasteiger partial charge in [0.2, 0.25) is 11.6 Å². The summed E-state index contributed by atoms with van der Waals surface area (Å²) in [4.78, 5) is 38.1. The van der Waals surface area contributed by atoms with E-state index < -0.39 is 17.4 Å². The molecule has 6 rings (SSSR count). The maximum Gasteiger partial charge on any atom is 0.297 e. The smallest absolute Gasteiger partial charge is 0.297 e. The summed E-state index contributed by atoms with van der Waals surface area (Å²) >= 11 is 0. The van der Waals surface area contributed by atoms with Gasteiger partial charge in [0, 0.05) is 17.5 Å². The monoisotopic (exact) mass is 448 g/mol. The molecule has 0 bridgehead atoms. The number of allylic oxidation sites excluding steroid dienone is 1. The molecule has 5 aliphatic rings. The Morgan fingerprint density at radius 1 is 0.879 bits per heavy atom. The Hall–Kier alpha value is -2.11. The summed E-state index contributed by atoms with van der Waals surface area (Å²) in [6, 6.07) is 6.58. The van der Waals surface area contributed by atoms with Gasteiger partial charge >= 0.3 is 0 Å². The van der Waals surface area contributed by atoms with Gasteiger partial charge in [-0.15, -0.1) is 0 Å². The fraction of sp³-hybridized carbons (Fsp3) is 0.607. The lowest BCUT2D eigenvalue weighted by Crippen LogP contribution is -2.54. The van der Waals surface area contributed by atoms with Crippen molar-refractivity contribution in [2.75, 3.05) is 0 Å². The number of rotatable bonds is 2. The molecule has 0 saturated heterocycles. The lowest BCUT2D eigenvalue weighted by molar-refractivity contribution is -0.196. The molecule has 0 unspecified atom stereocenters. The summed E-state index contributed by atoms with van der Waals surface area (Å²) in [5.41, 5.74) is 1.78. The van der Waals surface area contributed by atoms with E-state index in [4.69, 9.17) is 4.74 Å². The predicted molar refractivity (Wildman–Crippen MR) is 122 cm³/mol. The third-order valence-corrected chi connectivity index (χ3v) is 10.2. The second kappa shape index (κ2) is 6.96. The first kappa shape index (κ1) is 21.4. The van der Waals surface area contributed by atoms with E-state index in [0.717, 1.165) is 44.9 Å². The summed E-state index contributed by atoms with van der Waals surface area (Å²) in [5, 5.41) is 11.2. The zero-order valence-electron chi connectivity index (χ0n) is 19.4. The molecule has 174 valence electrons. The van der Waals surface area contributed by atoms with Crippen molar-refractivity contribution in [1.29, 1.82) is 0 Å². The van der Waals surface area contributed by atoms with E-state index in [1.807, 2.05) is 6.08 Å². The summed E-state index contributed by atoms with van der Waals surface area (Å²) in [7, 11) is 0. The molecule has 33 heavy (non-hydrogen) atoms. The minimum Gasteiger partial charge on any atom is -0.353 e. The quantitative estimate of drug-likeness (QED) is 0.525. The number of ether oxygens (including phenoxy) is 1. The molecule has 0 spiro atoms. The van der Waals surface area contributed by atoms with Crippen LogP contribution in [0.4, 0.5) is 0 Å². The number of benzene rings is 1. The second-order valence-corrected chi connectivity index (χ2v) is 11.5. The molecule has 1 aromatic rings. The average molecular weight is 449 g/mol. The molecular formula is C28H32O5. The SMILES string of the molecule is C[C@]12CC[C@H]3[C@@H](CCC4=CC(=O)CC[C@@]43C)[C@@H]1CC[C@@H]2OC1(O)C(=O)c2ccccc2C1=O. The minimum absolute atomic E-state index is 0.105. The average Bonchev–Trinajstić information content (AvgIpc) is 3.22. The van der Waals surface area contributed by atoms with Gasteiger partial charge in [-0.1, -0.05) is 43.7 Å². The van der Waals surface area contributed by atoms with E-state index in [9.17, 15) is 19.5 Å². The molecule has 5 aliphatic carbocycles. The van der Waals surface area contributed by atoms with Crippen LogP contribution in [-0.2, 0) is 9.53 Å². The molecule has 5 heteroatoms. The van der Waals surface area contributed by atoms with Gasteiger partial charge in [-0.3, -0.25) is 14.4 Å². The molecular weight excluding hydrogens is 416 g/mol. The van der Waals surface area contributed by atoms with Crippen LogP contribution in [0.25, 0.3) is 0 Å². The maximum atomic E-state index is 13.0. The highest BCUT2D eigenvalue weighted by Gasteiger charge is 2.62. The van der Waals surface area contributed by atoms with E-state index in [0.29, 0.717) is 24.2 Å². The van der Waals surface area contributed by atoms with E-state index in [1.54, 1.807) is 24.3 Å². The fourth-order valence-electron chi connectivity index (χ4n) is 8.37. The van der Waals surface area contributed by atoms with Crippen molar-refractivity contribution in [3.05, 3.63) is 47.0 Å². The van der Waals surface area contributed by atoms with E-state index in [-0.39, 0.29) is 33.8 Å². The largest absolute Gasteiger partial charge is 0.353 e. The van der Waals surface area contributed by atoms with E-state index in [1.165, 1.54) is 5.57 Å². The van der Waals surface area contributed by atoms with Gasteiger partial charge in [0.05, 0.1) is 6.10 Å². The summed E-state index contributed by atoms with van der Waals surface area (Å²) in [6.07, 6.45) is 9.01. The van der Waals surface area contributed by atoms with Crippen molar-refractivity contribution < 1.29 is 24.2 Å². The van der Waals surface area contributed by atoms with Gasteiger partial charge in [0.1, 0.15) is 0 Å².